The van der Waals surface area contributed by atoms with Crippen LogP contribution in [-0.2, 0) is 10.0 Å². The number of hydrogen-bond donors (Lipinski definition) is 2. The van der Waals surface area contributed by atoms with E-state index in [4.69, 9.17) is 5.14 Å². The molecule has 1 heterocycles. The molecule has 0 aliphatic heterocycles. The molecular weight excluding hydrogens is 312 g/mol. The van der Waals surface area contributed by atoms with E-state index in [-0.39, 0.29) is 10.3 Å². The lowest BCUT2D eigenvalue weighted by Crippen LogP contribution is -2.11. The van der Waals surface area contributed by atoms with Crippen molar-refractivity contribution in [2.24, 2.45) is 16.5 Å². The zero-order valence-electron chi connectivity index (χ0n) is 13.1. The maximum atomic E-state index is 11.3. The van der Waals surface area contributed by atoms with Crippen molar-refractivity contribution in [1.82, 2.24) is 9.97 Å². The molecular formula is C16H20N4O2S. The summed E-state index contributed by atoms with van der Waals surface area (Å²) in [6.45, 7) is 5.23. The van der Waals surface area contributed by atoms with E-state index in [1.807, 2.05) is 12.1 Å². The summed E-state index contributed by atoms with van der Waals surface area (Å²) in [7, 11) is -3.64. The minimum absolute atomic E-state index is 0.147. The van der Waals surface area contributed by atoms with Crippen LogP contribution in [0, 0.1) is 11.3 Å². The normalized spacial score (nSPS) is 22.6. The Bertz CT molecular complexity index is 789. The molecule has 2 atom stereocenters. The Morgan fingerprint density at radius 1 is 1.22 bits per heavy atom. The largest absolute Gasteiger partial charge is 0.368 e. The zero-order chi connectivity index (χ0) is 16.7. The molecule has 0 amide bonds. The van der Waals surface area contributed by atoms with Gasteiger partial charge in [-0.05, 0) is 34.9 Å². The van der Waals surface area contributed by atoms with Crippen LogP contribution in [0.4, 0.5) is 5.82 Å². The third kappa shape index (κ3) is 3.20. The fourth-order valence-electron chi connectivity index (χ4n) is 3.26. The first-order valence-electron chi connectivity index (χ1n) is 7.43. The average Bonchev–Trinajstić information content (AvgIpc) is 3.06. The predicted molar refractivity (Wildman–Crippen MR) is 88.3 cm³/mol. The number of anilines is 1. The number of rotatable bonds is 5. The van der Waals surface area contributed by atoms with E-state index < -0.39 is 10.0 Å². The Morgan fingerprint density at radius 2 is 1.91 bits per heavy atom. The molecule has 1 aliphatic carbocycles. The fraction of sp³-hybridized carbons (Fsp3) is 0.375. The van der Waals surface area contributed by atoms with Gasteiger partial charge in [-0.25, -0.2) is 18.5 Å². The molecule has 1 aliphatic rings. The summed E-state index contributed by atoms with van der Waals surface area (Å²) in [4.78, 5) is 8.39. The Labute approximate surface area is 136 Å². The number of nitrogens with two attached hydrogens (primary N) is 1. The number of nitrogens with one attached hydrogen (secondary N) is 1. The first-order valence-corrected chi connectivity index (χ1v) is 8.97. The molecule has 3 rings (SSSR count). The monoisotopic (exact) mass is 332 g/mol. The molecule has 1 aromatic heterocycles. The van der Waals surface area contributed by atoms with Crippen LogP contribution in [0.3, 0.4) is 0 Å². The van der Waals surface area contributed by atoms with Gasteiger partial charge in [-0.3, -0.25) is 4.98 Å². The third-order valence-electron chi connectivity index (χ3n) is 4.68. The van der Waals surface area contributed by atoms with Crippen molar-refractivity contribution in [2.75, 3.05) is 11.9 Å². The molecule has 0 saturated heterocycles. The van der Waals surface area contributed by atoms with E-state index in [1.165, 1.54) is 0 Å². The Balaban J connectivity index is 1.71. The number of primary sulfonamides is 1. The molecule has 122 valence electrons. The van der Waals surface area contributed by atoms with Crippen LogP contribution in [0.2, 0.25) is 0 Å². The van der Waals surface area contributed by atoms with Crippen molar-refractivity contribution in [3.63, 3.8) is 0 Å². The number of nitrogens with zero attached hydrogens (tertiary/aromatic N) is 2. The second-order valence-electron chi connectivity index (χ2n) is 6.49. The average molecular weight is 332 g/mol. The summed E-state index contributed by atoms with van der Waals surface area (Å²) in [6.07, 6.45) is 5.00. The number of sulfonamides is 1. The number of hydrogen-bond acceptors (Lipinski definition) is 5. The molecule has 0 spiro atoms. The highest BCUT2D eigenvalue weighted by molar-refractivity contribution is 7.89. The molecule has 7 heteroatoms. The van der Waals surface area contributed by atoms with Crippen molar-refractivity contribution >= 4 is 15.8 Å². The second-order valence-corrected chi connectivity index (χ2v) is 8.05. The van der Waals surface area contributed by atoms with Crippen molar-refractivity contribution < 1.29 is 8.42 Å². The quantitative estimate of drug-likeness (QED) is 0.872. The third-order valence-corrected chi connectivity index (χ3v) is 5.61. The molecule has 1 aromatic carbocycles. The predicted octanol–water partition coefficient (Wildman–Crippen LogP) is 1.98. The lowest BCUT2D eigenvalue weighted by molar-refractivity contribution is 0.565. The van der Waals surface area contributed by atoms with Gasteiger partial charge in [-0.1, -0.05) is 26.0 Å². The van der Waals surface area contributed by atoms with E-state index >= 15 is 0 Å². The van der Waals surface area contributed by atoms with Crippen molar-refractivity contribution in [1.29, 1.82) is 0 Å². The second kappa shape index (κ2) is 5.58. The summed E-state index contributed by atoms with van der Waals surface area (Å²) >= 11 is 0. The first kappa shape index (κ1) is 15.9. The van der Waals surface area contributed by atoms with Gasteiger partial charge >= 0.3 is 0 Å². The zero-order valence-corrected chi connectivity index (χ0v) is 13.9. The van der Waals surface area contributed by atoms with E-state index in [1.54, 1.807) is 30.7 Å². The molecule has 2 aromatic rings. The van der Waals surface area contributed by atoms with Crippen LogP contribution in [0.1, 0.15) is 25.3 Å². The first-order chi connectivity index (χ1) is 10.8. The van der Waals surface area contributed by atoms with Gasteiger partial charge in [0.2, 0.25) is 10.0 Å². The molecule has 1 saturated carbocycles. The van der Waals surface area contributed by atoms with E-state index in [2.05, 4.69) is 29.1 Å². The molecule has 1 fully saturated rings. The highest BCUT2D eigenvalue weighted by atomic mass is 32.2. The fourth-order valence-corrected chi connectivity index (χ4v) is 3.77. The van der Waals surface area contributed by atoms with Gasteiger partial charge in [0.1, 0.15) is 5.82 Å². The van der Waals surface area contributed by atoms with Crippen molar-refractivity contribution in [2.45, 2.75) is 24.7 Å². The van der Waals surface area contributed by atoms with Crippen molar-refractivity contribution in [3.8, 4) is 0 Å². The van der Waals surface area contributed by atoms with Crippen LogP contribution in [0.15, 0.2) is 47.8 Å². The molecule has 23 heavy (non-hydrogen) atoms. The molecule has 2 unspecified atom stereocenters. The van der Waals surface area contributed by atoms with Gasteiger partial charge in [-0.15, -0.1) is 0 Å². The van der Waals surface area contributed by atoms with Crippen LogP contribution >= 0.6 is 0 Å². The summed E-state index contributed by atoms with van der Waals surface area (Å²) in [5.74, 6) is 1.59. The molecule has 0 bridgehead atoms. The van der Waals surface area contributed by atoms with Crippen LogP contribution in [0.25, 0.3) is 0 Å². The van der Waals surface area contributed by atoms with Gasteiger partial charge in [0.15, 0.2) is 0 Å². The number of aromatic nitrogens is 2. The highest BCUT2D eigenvalue weighted by Crippen LogP contribution is 2.64. The van der Waals surface area contributed by atoms with E-state index in [0.717, 1.165) is 17.9 Å². The molecule has 6 nitrogen and oxygen atoms in total. The Kier molecular flexibility index (Phi) is 3.85. The van der Waals surface area contributed by atoms with Gasteiger partial charge in [0.25, 0.3) is 0 Å². The van der Waals surface area contributed by atoms with Gasteiger partial charge < -0.3 is 5.32 Å². The summed E-state index contributed by atoms with van der Waals surface area (Å²) < 4.78 is 22.7. The van der Waals surface area contributed by atoms with Crippen LogP contribution in [0.5, 0.6) is 0 Å². The standard InChI is InChI=1S/C16H20N4O2S/c1-16(2)13(9-20-14-10-18-7-8-19-14)15(16)11-3-5-12(6-4-11)23(17,21)22/h3-8,10,13,15H,9H2,1-2H3,(H,19,20)(H2,17,21,22). The lowest BCUT2D eigenvalue weighted by Gasteiger charge is -2.05. The highest BCUT2D eigenvalue weighted by Gasteiger charge is 2.57. The van der Waals surface area contributed by atoms with Crippen LogP contribution in [-0.4, -0.2) is 24.9 Å². The number of benzene rings is 1. The minimum atomic E-state index is -3.64. The maximum absolute atomic E-state index is 11.3. The molecule has 0 radical (unpaired) electrons. The smallest absolute Gasteiger partial charge is 0.238 e. The SMILES string of the molecule is CC1(C)C(CNc2cnccn2)C1c1ccc(S(N)(=O)=O)cc1. The van der Waals surface area contributed by atoms with E-state index in [9.17, 15) is 8.42 Å². The van der Waals surface area contributed by atoms with E-state index in [0.29, 0.717) is 11.8 Å². The maximum Gasteiger partial charge on any atom is 0.238 e. The van der Waals surface area contributed by atoms with Gasteiger partial charge in [0, 0.05) is 18.9 Å². The topological polar surface area (TPSA) is 98.0 Å². The summed E-state index contributed by atoms with van der Waals surface area (Å²) in [6, 6.07) is 6.86. The lowest BCUT2D eigenvalue weighted by atomic mass is 10.0. The Morgan fingerprint density at radius 3 is 2.48 bits per heavy atom. The molecule has 3 N–H and O–H groups in total. The van der Waals surface area contributed by atoms with Gasteiger partial charge in [-0.2, -0.15) is 0 Å². The summed E-state index contributed by atoms with van der Waals surface area (Å²) in [5.41, 5.74) is 1.28. The Hall–Kier alpha value is -1.99. The minimum Gasteiger partial charge on any atom is -0.368 e. The van der Waals surface area contributed by atoms with Crippen LogP contribution < -0.4 is 10.5 Å². The van der Waals surface area contributed by atoms with Gasteiger partial charge in [0.05, 0.1) is 11.1 Å². The summed E-state index contributed by atoms with van der Waals surface area (Å²) in [5, 5.41) is 8.45. The van der Waals surface area contributed by atoms with Crippen molar-refractivity contribution in [3.05, 3.63) is 48.4 Å².